The van der Waals surface area contributed by atoms with Gasteiger partial charge >= 0.3 is 0 Å². The van der Waals surface area contributed by atoms with Gasteiger partial charge in [0.2, 0.25) is 0 Å². The van der Waals surface area contributed by atoms with Crippen LogP contribution in [0.1, 0.15) is 41.5 Å². The van der Waals surface area contributed by atoms with Crippen LogP contribution in [-0.2, 0) is 0 Å². The van der Waals surface area contributed by atoms with Crippen molar-refractivity contribution < 1.29 is 0 Å². The van der Waals surface area contributed by atoms with E-state index >= 15 is 0 Å². The maximum absolute atomic E-state index is 6.44. The zero-order valence-corrected chi connectivity index (χ0v) is 9.65. The third-order valence-corrected chi connectivity index (χ3v) is 8.05. The Balaban J connectivity index is 4.53. The molecule has 11 heavy (non-hydrogen) atoms. The summed E-state index contributed by atoms with van der Waals surface area (Å²) in [7, 11) is -1.19. The fourth-order valence-corrected chi connectivity index (χ4v) is 5.37. The van der Waals surface area contributed by atoms with E-state index in [1.54, 1.807) is 0 Å². The zero-order chi connectivity index (χ0) is 9.23. The molecule has 0 saturated carbocycles. The molecular weight excluding hydrogens is 153 g/mol. The van der Waals surface area contributed by atoms with Gasteiger partial charge in [-0.25, -0.2) is 5.50 Å². The second kappa shape index (κ2) is 3.87. The van der Waals surface area contributed by atoms with E-state index in [9.17, 15) is 0 Å². The molecule has 0 fully saturated rings. The van der Waals surface area contributed by atoms with Crippen molar-refractivity contribution in [3.05, 3.63) is 0 Å². The van der Waals surface area contributed by atoms with Crippen LogP contribution < -0.4 is 5.50 Å². The van der Waals surface area contributed by atoms with Crippen LogP contribution in [0, 0.1) is 0 Å². The SMILES string of the molecule is CC(C)[P+](N)(C(C)C)C(C)C. The van der Waals surface area contributed by atoms with Gasteiger partial charge in [0.25, 0.3) is 0 Å². The number of hydrogen-bond acceptors (Lipinski definition) is 1. The van der Waals surface area contributed by atoms with Gasteiger partial charge in [0, 0.05) is 0 Å². The normalized spacial score (nSPS) is 13.6. The molecule has 0 heterocycles. The van der Waals surface area contributed by atoms with Gasteiger partial charge in [-0.15, -0.1) is 0 Å². The van der Waals surface area contributed by atoms with E-state index in [4.69, 9.17) is 5.50 Å². The quantitative estimate of drug-likeness (QED) is 0.657. The summed E-state index contributed by atoms with van der Waals surface area (Å²) in [6.07, 6.45) is 0. The molecule has 0 aromatic rings. The van der Waals surface area contributed by atoms with E-state index in [2.05, 4.69) is 41.5 Å². The van der Waals surface area contributed by atoms with E-state index in [-0.39, 0.29) is 0 Å². The molecule has 0 aromatic heterocycles. The Hall–Kier alpha value is 0.390. The Kier molecular flexibility index (Phi) is 4.00. The van der Waals surface area contributed by atoms with Crippen LogP contribution in [0.2, 0.25) is 0 Å². The maximum Gasteiger partial charge on any atom is 0.0844 e. The van der Waals surface area contributed by atoms with E-state index < -0.39 is 7.41 Å². The molecule has 0 spiro atoms. The fraction of sp³-hybridized carbons (Fsp3) is 1.00. The summed E-state index contributed by atoms with van der Waals surface area (Å²) in [6.45, 7) is 13.5. The van der Waals surface area contributed by atoms with Crippen molar-refractivity contribution in [3.63, 3.8) is 0 Å². The first kappa shape index (κ1) is 11.4. The molecule has 0 aromatic carbocycles. The van der Waals surface area contributed by atoms with Gasteiger partial charge in [-0.2, -0.15) is 0 Å². The topological polar surface area (TPSA) is 26.0 Å². The van der Waals surface area contributed by atoms with Gasteiger partial charge in [-0.1, -0.05) is 0 Å². The van der Waals surface area contributed by atoms with E-state index in [1.807, 2.05) is 0 Å². The van der Waals surface area contributed by atoms with Crippen molar-refractivity contribution in [2.45, 2.75) is 58.5 Å². The Morgan fingerprint density at radius 3 is 0.909 bits per heavy atom. The average Bonchev–Trinajstić information content (AvgIpc) is 1.84. The molecule has 2 N–H and O–H groups in total. The largest absolute Gasteiger partial charge is 0.204 e. The summed E-state index contributed by atoms with van der Waals surface area (Å²) >= 11 is 0. The Morgan fingerprint density at radius 2 is 0.909 bits per heavy atom. The van der Waals surface area contributed by atoms with Crippen LogP contribution in [0.5, 0.6) is 0 Å². The smallest absolute Gasteiger partial charge is 0.0844 e. The second-order valence-electron chi connectivity index (χ2n) is 4.18. The first-order valence-electron chi connectivity index (χ1n) is 4.50. The maximum atomic E-state index is 6.44. The lowest BCUT2D eigenvalue weighted by atomic mass is 10.5. The summed E-state index contributed by atoms with van der Waals surface area (Å²) in [5.74, 6) is 0. The van der Waals surface area contributed by atoms with Crippen molar-refractivity contribution >= 4 is 7.41 Å². The van der Waals surface area contributed by atoms with E-state index in [1.165, 1.54) is 0 Å². The monoisotopic (exact) mass is 176 g/mol. The van der Waals surface area contributed by atoms with Crippen molar-refractivity contribution in [2.75, 3.05) is 0 Å². The highest BCUT2D eigenvalue weighted by Crippen LogP contribution is 2.63. The molecular formula is C9H23NP+. The number of rotatable bonds is 3. The molecule has 0 rings (SSSR count). The van der Waals surface area contributed by atoms with Crippen LogP contribution in [0.4, 0.5) is 0 Å². The summed E-state index contributed by atoms with van der Waals surface area (Å²) in [4.78, 5) is 0. The van der Waals surface area contributed by atoms with Crippen molar-refractivity contribution in [2.24, 2.45) is 5.50 Å². The molecule has 1 nitrogen and oxygen atoms in total. The summed E-state index contributed by atoms with van der Waals surface area (Å²) in [6, 6.07) is 0. The van der Waals surface area contributed by atoms with Crippen LogP contribution >= 0.6 is 7.41 Å². The Labute approximate surface area is 72.1 Å². The predicted molar refractivity (Wildman–Crippen MR) is 56.5 cm³/mol. The highest BCUT2D eigenvalue weighted by Gasteiger charge is 2.43. The minimum atomic E-state index is -1.19. The first-order valence-corrected chi connectivity index (χ1v) is 6.56. The van der Waals surface area contributed by atoms with Gasteiger partial charge in [0.05, 0.1) is 24.4 Å². The van der Waals surface area contributed by atoms with Crippen LogP contribution in [0.15, 0.2) is 0 Å². The molecule has 0 aliphatic rings. The van der Waals surface area contributed by atoms with Crippen LogP contribution in [0.3, 0.4) is 0 Å². The minimum Gasteiger partial charge on any atom is -0.204 e. The van der Waals surface area contributed by atoms with Gasteiger partial charge in [-0.3, -0.25) is 0 Å². The van der Waals surface area contributed by atoms with Gasteiger partial charge in [0.1, 0.15) is 0 Å². The third kappa shape index (κ3) is 2.16. The minimum absolute atomic E-state index is 0.669. The second-order valence-corrected chi connectivity index (χ2v) is 9.06. The fourth-order valence-electron chi connectivity index (χ4n) is 1.79. The molecule has 0 saturated heterocycles. The lowest BCUT2D eigenvalue weighted by Crippen LogP contribution is -2.29. The lowest BCUT2D eigenvalue weighted by Gasteiger charge is -2.33. The predicted octanol–water partition coefficient (Wildman–Crippen LogP) is 3.10. The summed E-state index contributed by atoms with van der Waals surface area (Å²) in [5, 5.41) is 0. The van der Waals surface area contributed by atoms with E-state index in [0.29, 0.717) is 17.0 Å². The average molecular weight is 176 g/mol. The molecule has 0 aliphatic heterocycles. The molecule has 68 valence electrons. The van der Waals surface area contributed by atoms with E-state index in [0.717, 1.165) is 0 Å². The van der Waals surface area contributed by atoms with Crippen LogP contribution in [-0.4, -0.2) is 17.0 Å². The van der Waals surface area contributed by atoms with Crippen molar-refractivity contribution in [1.82, 2.24) is 0 Å². The molecule has 0 bridgehead atoms. The lowest BCUT2D eigenvalue weighted by molar-refractivity contribution is 0.909. The third-order valence-electron chi connectivity index (χ3n) is 2.68. The summed E-state index contributed by atoms with van der Waals surface area (Å²) in [5.41, 5.74) is 8.44. The van der Waals surface area contributed by atoms with Crippen molar-refractivity contribution in [1.29, 1.82) is 0 Å². The molecule has 0 aliphatic carbocycles. The number of hydrogen-bond donors (Lipinski definition) is 1. The van der Waals surface area contributed by atoms with Gasteiger partial charge in [0.15, 0.2) is 0 Å². The standard InChI is InChI=1S/C9H23NP/c1-7(2)11(10,8(3)4)9(5)6/h7-9H,10H2,1-6H3/q+1. The summed E-state index contributed by atoms with van der Waals surface area (Å²) < 4.78 is 0. The Bertz CT molecular complexity index is 97.0. The highest BCUT2D eigenvalue weighted by molar-refractivity contribution is 7.75. The molecule has 2 heteroatoms. The molecule has 0 unspecified atom stereocenters. The molecule has 0 amide bonds. The van der Waals surface area contributed by atoms with Gasteiger partial charge in [-0.05, 0) is 41.5 Å². The van der Waals surface area contributed by atoms with Gasteiger partial charge < -0.3 is 0 Å². The Morgan fingerprint density at radius 1 is 0.727 bits per heavy atom. The van der Waals surface area contributed by atoms with Crippen molar-refractivity contribution in [3.8, 4) is 0 Å². The number of nitrogens with two attached hydrogens (primary N) is 1. The molecule has 0 atom stereocenters. The molecule has 0 radical (unpaired) electrons. The van der Waals surface area contributed by atoms with Crippen LogP contribution in [0.25, 0.3) is 0 Å². The zero-order valence-electron chi connectivity index (χ0n) is 8.76. The highest BCUT2D eigenvalue weighted by atomic mass is 31.2. The first-order chi connectivity index (χ1) is 4.83.